The molecule has 17 heavy (non-hydrogen) atoms. The van der Waals surface area contributed by atoms with Gasteiger partial charge in [0.05, 0.1) is 5.70 Å². The summed E-state index contributed by atoms with van der Waals surface area (Å²) in [5.74, 6) is 0.885. The first kappa shape index (κ1) is 13.1. The molecule has 0 spiro atoms. The van der Waals surface area contributed by atoms with Gasteiger partial charge in [0.2, 0.25) is 0 Å². The van der Waals surface area contributed by atoms with E-state index in [9.17, 15) is 4.91 Å². The first-order valence-corrected chi connectivity index (χ1v) is 7.04. The molecular weight excluding hydrogens is 257 g/mol. The fourth-order valence-corrected chi connectivity index (χ4v) is 3.71. The Balaban J connectivity index is 2.39. The second-order valence-electron chi connectivity index (χ2n) is 4.92. The van der Waals surface area contributed by atoms with Crippen LogP contribution >= 0.6 is 23.2 Å². The van der Waals surface area contributed by atoms with E-state index in [2.05, 4.69) is 12.1 Å². The van der Waals surface area contributed by atoms with Crippen LogP contribution in [0.4, 0.5) is 0 Å². The third-order valence-electron chi connectivity index (χ3n) is 4.01. The number of nitrogens with zero attached hydrogens (tertiary/aromatic N) is 1. The van der Waals surface area contributed by atoms with Gasteiger partial charge in [-0.2, -0.15) is 0 Å². The van der Waals surface area contributed by atoms with E-state index in [4.69, 9.17) is 23.2 Å². The zero-order chi connectivity index (χ0) is 12.4. The van der Waals surface area contributed by atoms with Crippen molar-refractivity contribution in [3.63, 3.8) is 0 Å². The van der Waals surface area contributed by atoms with Gasteiger partial charge < -0.3 is 0 Å². The van der Waals surface area contributed by atoms with Crippen LogP contribution in [0.25, 0.3) is 0 Å². The van der Waals surface area contributed by atoms with E-state index in [1.165, 1.54) is 5.57 Å². The molecule has 0 aliphatic heterocycles. The van der Waals surface area contributed by atoms with Crippen molar-refractivity contribution in [3.05, 3.63) is 26.2 Å². The summed E-state index contributed by atoms with van der Waals surface area (Å²) in [4.78, 5) is 10.9. The van der Waals surface area contributed by atoms with Crippen LogP contribution in [0.5, 0.6) is 0 Å². The highest BCUT2D eigenvalue weighted by Crippen LogP contribution is 2.51. The maximum Gasteiger partial charge on any atom is 0.106 e. The molecule has 2 aliphatic rings. The van der Waals surface area contributed by atoms with E-state index in [1.54, 1.807) is 0 Å². The Morgan fingerprint density at radius 3 is 2.82 bits per heavy atom. The van der Waals surface area contributed by atoms with Gasteiger partial charge in [-0.05, 0) is 60.3 Å². The van der Waals surface area contributed by atoms with Gasteiger partial charge in [0, 0.05) is 0 Å². The molecule has 2 nitrogen and oxygen atoms in total. The number of nitroso groups, excluding NO2 is 1. The summed E-state index contributed by atoms with van der Waals surface area (Å²) in [6, 6.07) is 0. The third kappa shape index (κ3) is 2.43. The predicted octanol–water partition coefficient (Wildman–Crippen LogP) is 5.32. The van der Waals surface area contributed by atoms with E-state index in [-0.39, 0.29) is 0 Å². The lowest BCUT2D eigenvalue weighted by molar-refractivity contribution is 0.389. The lowest BCUT2D eigenvalue weighted by Crippen LogP contribution is -2.14. The predicted molar refractivity (Wildman–Crippen MR) is 71.9 cm³/mol. The summed E-state index contributed by atoms with van der Waals surface area (Å²) < 4.78 is 0.399. The molecule has 1 fully saturated rings. The molecule has 0 aromatic heterocycles. The van der Waals surface area contributed by atoms with Crippen molar-refractivity contribution >= 4 is 23.2 Å². The minimum absolute atomic E-state index is 0.399. The maximum absolute atomic E-state index is 10.9. The van der Waals surface area contributed by atoms with Crippen LogP contribution < -0.4 is 0 Å². The first-order chi connectivity index (χ1) is 8.19. The smallest absolute Gasteiger partial charge is 0.106 e. The SMILES string of the molecule is CCCC1C(=C(Cl)Cl)CC2=C(N=O)CCCC21. The number of rotatable bonds is 3. The summed E-state index contributed by atoms with van der Waals surface area (Å²) >= 11 is 12.0. The highest BCUT2D eigenvalue weighted by Gasteiger charge is 2.39. The van der Waals surface area contributed by atoms with Crippen LogP contribution in [0.1, 0.15) is 45.4 Å². The minimum atomic E-state index is 0.399. The van der Waals surface area contributed by atoms with Gasteiger partial charge in [0.15, 0.2) is 0 Å². The van der Waals surface area contributed by atoms with Crippen molar-refractivity contribution in [2.75, 3.05) is 0 Å². The Morgan fingerprint density at radius 1 is 1.47 bits per heavy atom. The second-order valence-corrected chi connectivity index (χ2v) is 5.87. The third-order valence-corrected chi connectivity index (χ3v) is 4.50. The fourth-order valence-electron chi connectivity index (χ4n) is 3.29. The molecular formula is C13H17Cl2NO. The quantitative estimate of drug-likeness (QED) is 0.641. The molecule has 0 radical (unpaired) electrons. The Hall–Kier alpha value is -0.340. The number of fused-ring (bicyclic) bond motifs is 1. The lowest BCUT2D eigenvalue weighted by atomic mass is 9.81. The summed E-state index contributed by atoms with van der Waals surface area (Å²) in [5, 5.41) is 3.20. The second kappa shape index (κ2) is 5.53. The molecule has 0 amide bonds. The van der Waals surface area contributed by atoms with Crippen LogP contribution in [-0.2, 0) is 0 Å². The molecule has 0 bridgehead atoms. The van der Waals surface area contributed by atoms with Crippen molar-refractivity contribution in [2.24, 2.45) is 17.0 Å². The van der Waals surface area contributed by atoms with Crippen LogP contribution in [-0.4, -0.2) is 0 Å². The van der Waals surface area contributed by atoms with Crippen LogP contribution in [0.15, 0.2) is 26.5 Å². The first-order valence-electron chi connectivity index (χ1n) is 6.28. The highest BCUT2D eigenvalue weighted by atomic mass is 35.5. The van der Waals surface area contributed by atoms with E-state index in [0.717, 1.165) is 49.8 Å². The van der Waals surface area contributed by atoms with Crippen molar-refractivity contribution in [2.45, 2.75) is 45.4 Å². The summed E-state index contributed by atoms with van der Waals surface area (Å²) in [7, 11) is 0. The molecule has 2 atom stereocenters. The summed E-state index contributed by atoms with van der Waals surface area (Å²) in [6.07, 6.45) is 5.99. The molecule has 0 heterocycles. The van der Waals surface area contributed by atoms with E-state index >= 15 is 0 Å². The minimum Gasteiger partial charge on any atom is -0.145 e. The number of halogens is 2. The van der Waals surface area contributed by atoms with Gasteiger partial charge in [-0.25, -0.2) is 0 Å². The Bertz CT molecular complexity index is 383. The summed E-state index contributed by atoms with van der Waals surface area (Å²) in [6.45, 7) is 2.17. The topological polar surface area (TPSA) is 29.4 Å². The average molecular weight is 274 g/mol. The molecule has 1 saturated carbocycles. The molecule has 2 rings (SSSR count). The lowest BCUT2D eigenvalue weighted by Gasteiger charge is -2.24. The van der Waals surface area contributed by atoms with Crippen LogP contribution in [0.2, 0.25) is 0 Å². The number of hydrogen-bond acceptors (Lipinski definition) is 2. The molecule has 94 valence electrons. The monoisotopic (exact) mass is 273 g/mol. The maximum atomic E-state index is 10.9. The molecule has 0 aromatic carbocycles. The van der Waals surface area contributed by atoms with E-state index < -0.39 is 0 Å². The van der Waals surface area contributed by atoms with Gasteiger partial charge in [0.25, 0.3) is 0 Å². The van der Waals surface area contributed by atoms with Crippen molar-refractivity contribution in [1.29, 1.82) is 0 Å². The van der Waals surface area contributed by atoms with Gasteiger partial charge >= 0.3 is 0 Å². The van der Waals surface area contributed by atoms with E-state index in [0.29, 0.717) is 16.3 Å². The number of allylic oxidation sites excluding steroid dienone is 3. The zero-order valence-corrected chi connectivity index (χ0v) is 11.5. The van der Waals surface area contributed by atoms with Crippen molar-refractivity contribution in [1.82, 2.24) is 0 Å². The normalized spacial score (nSPS) is 28.3. The standard InChI is InChI=1S/C13H17Cl2NO/c1-2-4-8-9-5-3-6-12(16-17)10(9)7-11(8)13(14)15/h8-9H,2-7H2,1H3. The number of hydrogen-bond donors (Lipinski definition) is 0. The summed E-state index contributed by atoms with van der Waals surface area (Å²) in [5.41, 5.74) is 3.09. The molecule has 0 N–H and O–H groups in total. The Labute approximate surface area is 112 Å². The Kier molecular flexibility index (Phi) is 4.26. The largest absolute Gasteiger partial charge is 0.145 e. The van der Waals surface area contributed by atoms with Crippen molar-refractivity contribution in [3.8, 4) is 0 Å². The molecule has 0 aromatic rings. The van der Waals surface area contributed by atoms with Crippen LogP contribution in [0.3, 0.4) is 0 Å². The van der Waals surface area contributed by atoms with Gasteiger partial charge in [0.1, 0.15) is 4.49 Å². The van der Waals surface area contributed by atoms with E-state index in [1.807, 2.05) is 0 Å². The molecule has 0 saturated heterocycles. The highest BCUT2D eigenvalue weighted by molar-refractivity contribution is 6.56. The average Bonchev–Trinajstić information content (AvgIpc) is 2.69. The Morgan fingerprint density at radius 2 is 2.24 bits per heavy atom. The van der Waals surface area contributed by atoms with Crippen LogP contribution in [0, 0.1) is 16.7 Å². The molecule has 2 aliphatic carbocycles. The van der Waals surface area contributed by atoms with Crippen molar-refractivity contribution < 1.29 is 0 Å². The van der Waals surface area contributed by atoms with Gasteiger partial charge in [-0.15, -0.1) is 4.91 Å². The fraction of sp³-hybridized carbons (Fsp3) is 0.692. The van der Waals surface area contributed by atoms with Gasteiger partial charge in [-0.3, -0.25) is 0 Å². The zero-order valence-electron chi connectivity index (χ0n) is 10.0. The van der Waals surface area contributed by atoms with Gasteiger partial charge in [-0.1, -0.05) is 36.5 Å². The molecule has 2 unspecified atom stereocenters. The molecule has 4 heteroatoms.